The Kier molecular flexibility index (Phi) is 6.30. The quantitative estimate of drug-likeness (QED) is 0.416. The zero-order chi connectivity index (χ0) is 24.2. The Balaban J connectivity index is 1.42. The minimum atomic E-state index is -0.367. The molecule has 0 spiro atoms. The smallest absolute Gasteiger partial charge is 0.262 e. The minimum absolute atomic E-state index is 0.102. The number of aromatic nitrogens is 2. The summed E-state index contributed by atoms with van der Waals surface area (Å²) in [4.78, 5) is 17.3. The Labute approximate surface area is 203 Å². The predicted molar refractivity (Wildman–Crippen MR) is 136 cm³/mol. The number of phenolic OH excluding ortho intramolecular Hbond substituents is 2. The first-order chi connectivity index (χ1) is 17.1. The van der Waals surface area contributed by atoms with E-state index < -0.39 is 0 Å². The number of anilines is 2. The molecule has 1 amide bonds. The van der Waals surface area contributed by atoms with Crippen molar-refractivity contribution in [1.82, 2.24) is 10.2 Å². The second-order valence-corrected chi connectivity index (χ2v) is 8.60. The average molecular weight is 467 g/mol. The van der Waals surface area contributed by atoms with Crippen LogP contribution in [0.1, 0.15) is 28.8 Å². The first kappa shape index (κ1) is 22.4. The molecule has 0 saturated carbocycles. The number of nitrogens with zero attached hydrogens (tertiary/aromatic N) is 4. The van der Waals surface area contributed by atoms with Gasteiger partial charge in [0.05, 0.1) is 17.8 Å². The molecule has 0 bridgehead atoms. The largest absolute Gasteiger partial charge is 0.508 e. The SMILES string of the molecule is O=C(c1ccc(O)cc1O)N(Cc1ccccc1)c1ccc(-c2ccc(N3CCCC3)nn2)cc1. The van der Waals surface area contributed by atoms with Gasteiger partial charge >= 0.3 is 0 Å². The summed E-state index contributed by atoms with van der Waals surface area (Å²) in [5, 5.41) is 28.7. The van der Waals surface area contributed by atoms with Gasteiger partial charge in [-0.2, -0.15) is 0 Å². The van der Waals surface area contributed by atoms with Crippen molar-refractivity contribution in [2.75, 3.05) is 22.9 Å². The third-order valence-corrected chi connectivity index (χ3v) is 6.20. The first-order valence-electron chi connectivity index (χ1n) is 11.7. The molecule has 176 valence electrons. The summed E-state index contributed by atoms with van der Waals surface area (Å²) in [7, 11) is 0. The van der Waals surface area contributed by atoms with E-state index in [0.29, 0.717) is 12.2 Å². The van der Waals surface area contributed by atoms with Gasteiger partial charge in [-0.1, -0.05) is 42.5 Å². The topological polar surface area (TPSA) is 89.8 Å². The number of carbonyl (C=O) groups excluding carboxylic acids is 1. The van der Waals surface area contributed by atoms with Gasteiger partial charge in [-0.05, 0) is 54.8 Å². The third kappa shape index (κ3) is 4.94. The van der Waals surface area contributed by atoms with Gasteiger partial charge in [-0.15, -0.1) is 10.2 Å². The molecule has 0 aliphatic carbocycles. The van der Waals surface area contributed by atoms with E-state index in [1.54, 1.807) is 4.90 Å². The molecule has 0 atom stereocenters. The van der Waals surface area contributed by atoms with Crippen molar-refractivity contribution in [3.05, 3.63) is 96.1 Å². The van der Waals surface area contributed by atoms with Crippen molar-refractivity contribution in [3.8, 4) is 22.8 Å². The predicted octanol–water partition coefficient (Wildman–Crippen LogP) is 5.00. The number of aromatic hydroxyl groups is 2. The Morgan fingerprint density at radius 2 is 1.60 bits per heavy atom. The van der Waals surface area contributed by atoms with Crippen LogP contribution >= 0.6 is 0 Å². The number of phenols is 2. The highest BCUT2D eigenvalue weighted by molar-refractivity contribution is 6.08. The number of rotatable bonds is 6. The molecular formula is C28H26N4O3. The van der Waals surface area contributed by atoms with Gasteiger partial charge in [0.2, 0.25) is 0 Å². The lowest BCUT2D eigenvalue weighted by atomic mass is 10.1. The minimum Gasteiger partial charge on any atom is -0.508 e. The van der Waals surface area contributed by atoms with E-state index in [0.717, 1.165) is 35.7 Å². The molecule has 7 heteroatoms. The second kappa shape index (κ2) is 9.85. The fourth-order valence-corrected chi connectivity index (χ4v) is 4.30. The first-order valence-corrected chi connectivity index (χ1v) is 11.7. The van der Waals surface area contributed by atoms with Gasteiger partial charge < -0.3 is 20.0 Å². The molecule has 35 heavy (non-hydrogen) atoms. The Morgan fingerprint density at radius 1 is 0.857 bits per heavy atom. The van der Waals surface area contributed by atoms with Crippen LogP contribution < -0.4 is 9.80 Å². The lowest BCUT2D eigenvalue weighted by Crippen LogP contribution is -2.30. The van der Waals surface area contributed by atoms with Crippen LogP contribution in [0.3, 0.4) is 0 Å². The maximum atomic E-state index is 13.5. The average Bonchev–Trinajstić information content (AvgIpc) is 3.43. The summed E-state index contributed by atoms with van der Waals surface area (Å²) in [6, 6.07) is 25.2. The van der Waals surface area contributed by atoms with Crippen molar-refractivity contribution in [2.45, 2.75) is 19.4 Å². The molecule has 5 rings (SSSR count). The van der Waals surface area contributed by atoms with E-state index in [1.165, 1.54) is 31.0 Å². The number of benzene rings is 3. The third-order valence-electron chi connectivity index (χ3n) is 6.20. The number of hydrogen-bond acceptors (Lipinski definition) is 6. The summed E-state index contributed by atoms with van der Waals surface area (Å²) in [6.07, 6.45) is 2.37. The van der Waals surface area contributed by atoms with E-state index in [4.69, 9.17) is 0 Å². The molecular weight excluding hydrogens is 440 g/mol. The van der Waals surface area contributed by atoms with Crippen LogP contribution in [0.25, 0.3) is 11.3 Å². The maximum Gasteiger partial charge on any atom is 0.262 e. The molecule has 2 heterocycles. The van der Waals surface area contributed by atoms with Gasteiger partial charge in [0.1, 0.15) is 11.5 Å². The number of carbonyl (C=O) groups is 1. The monoisotopic (exact) mass is 466 g/mol. The standard InChI is InChI=1S/C28H26N4O3/c33-23-12-13-24(26(34)18-23)28(35)32(19-20-6-2-1-3-7-20)22-10-8-21(9-11-22)25-14-15-27(30-29-25)31-16-4-5-17-31/h1-3,6-15,18,33-34H,4-5,16-17,19H2. The molecule has 3 aromatic carbocycles. The Bertz CT molecular complexity index is 1300. The van der Waals surface area contributed by atoms with Crippen molar-refractivity contribution < 1.29 is 15.0 Å². The summed E-state index contributed by atoms with van der Waals surface area (Å²) in [5.41, 5.74) is 3.40. The second-order valence-electron chi connectivity index (χ2n) is 8.60. The van der Waals surface area contributed by atoms with E-state index in [2.05, 4.69) is 15.1 Å². The number of amides is 1. The van der Waals surface area contributed by atoms with Crippen molar-refractivity contribution in [3.63, 3.8) is 0 Å². The summed E-state index contributed by atoms with van der Waals surface area (Å²) in [5.74, 6) is 0.165. The lowest BCUT2D eigenvalue weighted by Gasteiger charge is -2.24. The van der Waals surface area contributed by atoms with Gasteiger partial charge in [0, 0.05) is 30.4 Å². The molecule has 0 unspecified atom stereocenters. The highest BCUT2D eigenvalue weighted by Crippen LogP contribution is 2.29. The van der Waals surface area contributed by atoms with Gasteiger partial charge in [0.15, 0.2) is 5.82 Å². The normalized spacial score (nSPS) is 13.1. The molecule has 0 radical (unpaired) electrons. The lowest BCUT2D eigenvalue weighted by molar-refractivity contribution is 0.0982. The Hall–Kier alpha value is -4.39. The zero-order valence-electron chi connectivity index (χ0n) is 19.2. The molecule has 1 aromatic heterocycles. The molecule has 7 nitrogen and oxygen atoms in total. The maximum absolute atomic E-state index is 13.5. The molecule has 4 aromatic rings. The summed E-state index contributed by atoms with van der Waals surface area (Å²) >= 11 is 0. The zero-order valence-corrected chi connectivity index (χ0v) is 19.2. The van der Waals surface area contributed by atoms with E-state index in [1.807, 2.05) is 66.7 Å². The van der Waals surface area contributed by atoms with Crippen LogP contribution in [0.15, 0.2) is 84.9 Å². The number of hydrogen-bond donors (Lipinski definition) is 2. The van der Waals surface area contributed by atoms with Crippen molar-refractivity contribution >= 4 is 17.4 Å². The molecule has 1 aliphatic rings. The fraction of sp³-hybridized carbons (Fsp3) is 0.179. The molecule has 1 aliphatic heterocycles. The molecule has 2 N–H and O–H groups in total. The van der Waals surface area contributed by atoms with Crippen LogP contribution in [0, 0.1) is 0 Å². The van der Waals surface area contributed by atoms with Crippen LogP contribution in [0.5, 0.6) is 11.5 Å². The van der Waals surface area contributed by atoms with Gasteiger partial charge in [0.25, 0.3) is 5.91 Å². The van der Waals surface area contributed by atoms with Gasteiger partial charge in [-0.3, -0.25) is 4.79 Å². The summed E-state index contributed by atoms with van der Waals surface area (Å²) in [6.45, 7) is 2.36. The van der Waals surface area contributed by atoms with E-state index in [9.17, 15) is 15.0 Å². The van der Waals surface area contributed by atoms with Gasteiger partial charge in [-0.25, -0.2) is 0 Å². The van der Waals surface area contributed by atoms with Crippen molar-refractivity contribution in [2.24, 2.45) is 0 Å². The molecule has 1 saturated heterocycles. The van der Waals surface area contributed by atoms with Crippen LogP contribution in [0.4, 0.5) is 11.5 Å². The Morgan fingerprint density at radius 3 is 2.26 bits per heavy atom. The van der Waals surface area contributed by atoms with E-state index >= 15 is 0 Å². The van der Waals surface area contributed by atoms with E-state index in [-0.39, 0.29) is 23.0 Å². The van der Waals surface area contributed by atoms with Crippen LogP contribution in [0.2, 0.25) is 0 Å². The van der Waals surface area contributed by atoms with Crippen LogP contribution in [-0.2, 0) is 6.54 Å². The highest BCUT2D eigenvalue weighted by Gasteiger charge is 2.22. The fourth-order valence-electron chi connectivity index (χ4n) is 4.30. The molecule has 1 fully saturated rings. The highest BCUT2D eigenvalue weighted by atomic mass is 16.3. The van der Waals surface area contributed by atoms with Crippen LogP contribution in [-0.4, -0.2) is 39.4 Å². The van der Waals surface area contributed by atoms with Crippen molar-refractivity contribution in [1.29, 1.82) is 0 Å². The summed E-state index contributed by atoms with van der Waals surface area (Å²) < 4.78 is 0.